The lowest BCUT2D eigenvalue weighted by molar-refractivity contribution is 0.180. The molecule has 21 heavy (non-hydrogen) atoms. The van der Waals surface area contributed by atoms with E-state index in [-0.39, 0.29) is 6.04 Å². The summed E-state index contributed by atoms with van der Waals surface area (Å²) in [6, 6.07) is 12.0. The monoisotopic (exact) mass is 288 g/mol. The number of halogens is 2. The van der Waals surface area contributed by atoms with Crippen molar-refractivity contribution in [3.63, 3.8) is 0 Å². The number of benzene rings is 2. The molecule has 0 fully saturated rings. The fraction of sp³-hybridized carbons (Fsp3) is 0.294. The summed E-state index contributed by atoms with van der Waals surface area (Å²) in [6.45, 7) is 1.84. The highest BCUT2D eigenvalue weighted by Crippen LogP contribution is 2.30. The smallest absolute Gasteiger partial charge is 0.126 e. The number of nitrogens with two attached hydrogens (primary N) is 1. The summed E-state index contributed by atoms with van der Waals surface area (Å²) in [7, 11) is 0. The van der Waals surface area contributed by atoms with Gasteiger partial charge in [-0.05, 0) is 35.2 Å². The molecule has 0 saturated carbocycles. The molecule has 2 aromatic carbocycles. The van der Waals surface area contributed by atoms with E-state index in [4.69, 9.17) is 5.73 Å². The van der Waals surface area contributed by atoms with Gasteiger partial charge in [0.1, 0.15) is 11.6 Å². The Labute approximate surface area is 123 Å². The van der Waals surface area contributed by atoms with E-state index >= 15 is 0 Å². The normalized spacial score (nSPS) is 18.5. The Morgan fingerprint density at radius 2 is 1.81 bits per heavy atom. The number of hydrogen-bond donors (Lipinski definition) is 1. The van der Waals surface area contributed by atoms with Crippen molar-refractivity contribution in [2.24, 2.45) is 5.73 Å². The molecule has 3 rings (SSSR count). The zero-order valence-electron chi connectivity index (χ0n) is 11.7. The molecule has 0 aromatic heterocycles. The van der Waals surface area contributed by atoms with Gasteiger partial charge in [-0.1, -0.05) is 24.3 Å². The maximum atomic E-state index is 13.3. The molecule has 0 amide bonds. The molecule has 1 atom stereocenters. The first kappa shape index (κ1) is 14.2. The van der Waals surface area contributed by atoms with E-state index < -0.39 is 11.6 Å². The second kappa shape index (κ2) is 5.92. The number of rotatable bonds is 3. The molecule has 0 bridgehead atoms. The Balaban J connectivity index is 1.86. The van der Waals surface area contributed by atoms with Gasteiger partial charge in [-0.3, -0.25) is 4.90 Å². The Morgan fingerprint density at radius 3 is 2.52 bits per heavy atom. The lowest BCUT2D eigenvalue weighted by Gasteiger charge is -2.36. The first-order valence-corrected chi connectivity index (χ1v) is 7.14. The molecule has 2 N–H and O–H groups in total. The quantitative estimate of drug-likeness (QED) is 0.940. The molecule has 0 radical (unpaired) electrons. The molecule has 1 aliphatic heterocycles. The van der Waals surface area contributed by atoms with Crippen LogP contribution in [-0.4, -0.2) is 18.0 Å². The van der Waals surface area contributed by atoms with E-state index in [9.17, 15) is 8.78 Å². The van der Waals surface area contributed by atoms with Gasteiger partial charge < -0.3 is 5.73 Å². The van der Waals surface area contributed by atoms with Gasteiger partial charge >= 0.3 is 0 Å². The fourth-order valence-corrected chi connectivity index (χ4v) is 3.11. The number of hydrogen-bond acceptors (Lipinski definition) is 2. The van der Waals surface area contributed by atoms with E-state index in [2.05, 4.69) is 17.0 Å². The highest BCUT2D eigenvalue weighted by Gasteiger charge is 2.26. The predicted octanol–water partition coefficient (Wildman–Crippen LogP) is 3.02. The van der Waals surface area contributed by atoms with Gasteiger partial charge in [0.2, 0.25) is 0 Å². The van der Waals surface area contributed by atoms with Crippen molar-refractivity contribution in [1.29, 1.82) is 0 Å². The van der Waals surface area contributed by atoms with Crippen LogP contribution in [0.15, 0.2) is 42.5 Å². The third-order valence-electron chi connectivity index (χ3n) is 4.05. The Bertz CT molecular complexity index is 622. The van der Waals surface area contributed by atoms with E-state index in [0.29, 0.717) is 18.7 Å². The predicted molar refractivity (Wildman–Crippen MR) is 78.7 cm³/mol. The van der Waals surface area contributed by atoms with Crippen LogP contribution < -0.4 is 5.73 Å². The van der Waals surface area contributed by atoms with Crippen LogP contribution in [0.5, 0.6) is 0 Å². The Morgan fingerprint density at radius 1 is 1.10 bits per heavy atom. The first-order chi connectivity index (χ1) is 10.2. The molecule has 0 aliphatic carbocycles. The highest BCUT2D eigenvalue weighted by atomic mass is 19.1. The molecule has 1 aliphatic rings. The van der Waals surface area contributed by atoms with Crippen LogP contribution in [0.2, 0.25) is 0 Å². The van der Waals surface area contributed by atoms with Crippen molar-refractivity contribution in [3.8, 4) is 0 Å². The lowest BCUT2D eigenvalue weighted by atomic mass is 9.92. The van der Waals surface area contributed by atoms with Crippen molar-refractivity contribution in [1.82, 2.24) is 4.90 Å². The molecular formula is C17H18F2N2. The van der Waals surface area contributed by atoms with Gasteiger partial charge in [0.25, 0.3) is 0 Å². The topological polar surface area (TPSA) is 29.3 Å². The zero-order chi connectivity index (χ0) is 14.8. The second-order valence-electron chi connectivity index (χ2n) is 5.45. The van der Waals surface area contributed by atoms with Gasteiger partial charge in [-0.25, -0.2) is 8.78 Å². The van der Waals surface area contributed by atoms with Gasteiger partial charge in [0, 0.05) is 31.7 Å². The fourth-order valence-electron chi connectivity index (χ4n) is 3.11. The molecule has 2 nitrogen and oxygen atoms in total. The summed E-state index contributed by atoms with van der Waals surface area (Å²) in [5.41, 5.74) is 9.12. The zero-order valence-corrected chi connectivity index (χ0v) is 11.7. The third-order valence-corrected chi connectivity index (χ3v) is 4.05. The molecule has 4 heteroatoms. The van der Waals surface area contributed by atoms with Crippen molar-refractivity contribution in [2.45, 2.75) is 19.0 Å². The summed E-state index contributed by atoms with van der Waals surface area (Å²) >= 11 is 0. The average Bonchev–Trinajstić information content (AvgIpc) is 2.46. The van der Waals surface area contributed by atoms with Crippen molar-refractivity contribution >= 4 is 0 Å². The number of nitrogens with zero attached hydrogens (tertiary/aromatic N) is 1. The van der Waals surface area contributed by atoms with E-state index in [0.717, 1.165) is 19.0 Å². The summed E-state index contributed by atoms with van der Waals surface area (Å²) in [5, 5.41) is 0. The first-order valence-electron chi connectivity index (χ1n) is 7.14. The Kier molecular flexibility index (Phi) is 3.99. The van der Waals surface area contributed by atoms with Crippen molar-refractivity contribution in [3.05, 3.63) is 70.8 Å². The molecule has 2 aromatic rings. The third kappa shape index (κ3) is 2.96. The van der Waals surface area contributed by atoms with Crippen LogP contribution in [0, 0.1) is 11.6 Å². The van der Waals surface area contributed by atoms with Crippen molar-refractivity contribution < 1.29 is 8.78 Å². The van der Waals surface area contributed by atoms with Crippen LogP contribution in [0.25, 0.3) is 0 Å². The maximum absolute atomic E-state index is 13.3. The highest BCUT2D eigenvalue weighted by molar-refractivity contribution is 5.33. The summed E-state index contributed by atoms with van der Waals surface area (Å²) in [6.07, 6.45) is 0.935. The van der Waals surface area contributed by atoms with Crippen LogP contribution in [0.1, 0.15) is 22.7 Å². The SMILES string of the molecule is NCC1c2ccccc2CCN1Cc1cc(F)cc(F)c1. The summed E-state index contributed by atoms with van der Waals surface area (Å²) in [4.78, 5) is 2.19. The molecular weight excluding hydrogens is 270 g/mol. The van der Waals surface area contributed by atoms with Gasteiger partial charge in [0.05, 0.1) is 0 Å². The lowest BCUT2D eigenvalue weighted by Crippen LogP contribution is -2.38. The minimum atomic E-state index is -0.535. The maximum Gasteiger partial charge on any atom is 0.126 e. The van der Waals surface area contributed by atoms with E-state index in [1.807, 2.05) is 12.1 Å². The Hall–Kier alpha value is -1.78. The van der Waals surface area contributed by atoms with Gasteiger partial charge in [-0.2, -0.15) is 0 Å². The molecule has 1 unspecified atom stereocenters. The molecule has 1 heterocycles. The van der Waals surface area contributed by atoms with Gasteiger partial charge in [0.15, 0.2) is 0 Å². The minimum absolute atomic E-state index is 0.0984. The molecule has 0 saturated heterocycles. The van der Waals surface area contributed by atoms with Crippen LogP contribution in [-0.2, 0) is 13.0 Å². The van der Waals surface area contributed by atoms with E-state index in [1.54, 1.807) is 0 Å². The number of fused-ring (bicyclic) bond motifs is 1. The van der Waals surface area contributed by atoms with Crippen molar-refractivity contribution in [2.75, 3.05) is 13.1 Å². The molecule has 0 spiro atoms. The van der Waals surface area contributed by atoms with E-state index in [1.165, 1.54) is 23.3 Å². The minimum Gasteiger partial charge on any atom is -0.329 e. The van der Waals surface area contributed by atoms with Crippen LogP contribution in [0.4, 0.5) is 8.78 Å². The van der Waals surface area contributed by atoms with Crippen LogP contribution >= 0.6 is 0 Å². The summed E-state index contributed by atoms with van der Waals surface area (Å²) in [5.74, 6) is -1.07. The van der Waals surface area contributed by atoms with Crippen LogP contribution in [0.3, 0.4) is 0 Å². The largest absolute Gasteiger partial charge is 0.329 e. The van der Waals surface area contributed by atoms with Gasteiger partial charge in [-0.15, -0.1) is 0 Å². The standard InChI is InChI=1S/C17H18F2N2/c18-14-7-12(8-15(19)9-14)11-21-6-5-13-3-1-2-4-16(13)17(21)10-20/h1-4,7-9,17H,5-6,10-11,20H2. The summed E-state index contributed by atoms with van der Waals surface area (Å²) < 4.78 is 26.6. The second-order valence-corrected chi connectivity index (χ2v) is 5.45. The average molecular weight is 288 g/mol. The molecule has 110 valence electrons.